The molecule has 0 bridgehead atoms. The van der Waals surface area contributed by atoms with E-state index in [-0.39, 0.29) is 11.5 Å². The summed E-state index contributed by atoms with van der Waals surface area (Å²) in [5.41, 5.74) is 0.252. The first-order chi connectivity index (χ1) is 7.16. The molecular weight excluding hydrogens is 200 g/mol. The number of Topliss-reactive ketones (excluding diaryl/α,β-unsaturated/α-hetero) is 1. The number of hydrogen-bond acceptors (Lipinski definition) is 2. The zero-order valence-electron chi connectivity index (χ0n) is 8.17. The van der Waals surface area contributed by atoms with Gasteiger partial charge in [0.25, 0.3) is 0 Å². The number of hydrogen-bond donors (Lipinski definition) is 0. The van der Waals surface area contributed by atoms with E-state index in [1.807, 2.05) is 0 Å². The van der Waals surface area contributed by atoms with Crippen LogP contribution in [-0.4, -0.2) is 18.9 Å². The quantitative estimate of drug-likeness (QED) is 0.709. The van der Waals surface area contributed by atoms with Gasteiger partial charge in [-0.1, -0.05) is 0 Å². The molecule has 1 aromatic rings. The van der Waals surface area contributed by atoms with Gasteiger partial charge < -0.3 is 4.90 Å². The molecule has 0 unspecified atom stereocenters. The lowest BCUT2D eigenvalue weighted by Crippen LogP contribution is -2.34. The van der Waals surface area contributed by atoms with Gasteiger partial charge in [-0.2, -0.15) is 0 Å². The van der Waals surface area contributed by atoms with E-state index < -0.39 is 11.6 Å². The Balaban J connectivity index is 2.21. The molecule has 0 aromatic heterocycles. The van der Waals surface area contributed by atoms with Gasteiger partial charge in [0.05, 0.1) is 5.69 Å². The van der Waals surface area contributed by atoms with Crippen LogP contribution in [0.5, 0.6) is 0 Å². The Morgan fingerprint density at radius 2 is 1.80 bits per heavy atom. The maximum Gasteiger partial charge on any atom is 0.146 e. The number of ketones is 1. The fourth-order valence-electron chi connectivity index (χ4n) is 1.73. The van der Waals surface area contributed by atoms with Gasteiger partial charge in [0.15, 0.2) is 0 Å². The predicted octanol–water partition coefficient (Wildman–Crippen LogP) is 2.13. The summed E-state index contributed by atoms with van der Waals surface area (Å²) < 4.78 is 26.3. The minimum absolute atomic E-state index is 0.183. The van der Waals surface area contributed by atoms with Crippen molar-refractivity contribution in [1.82, 2.24) is 0 Å². The minimum atomic E-state index is -0.455. The molecule has 1 aliphatic heterocycles. The van der Waals surface area contributed by atoms with Crippen molar-refractivity contribution in [3.05, 3.63) is 29.8 Å². The lowest BCUT2D eigenvalue weighted by atomic mass is 10.1. The maximum absolute atomic E-state index is 13.4. The standard InChI is InChI=1S/C11H11F2NO/c12-8-1-2-10(13)11(7-8)14-5-3-9(15)4-6-14/h1-2,7H,3-6H2. The molecule has 0 radical (unpaired) electrons. The van der Waals surface area contributed by atoms with Gasteiger partial charge in [-0.25, -0.2) is 8.78 Å². The van der Waals surface area contributed by atoms with Crippen LogP contribution in [0.15, 0.2) is 18.2 Å². The summed E-state index contributed by atoms with van der Waals surface area (Å²) in [6, 6.07) is 3.38. The second-order valence-corrected chi connectivity index (χ2v) is 3.62. The van der Waals surface area contributed by atoms with Crippen LogP contribution < -0.4 is 4.90 Å². The molecule has 4 heteroatoms. The van der Waals surface area contributed by atoms with Crippen LogP contribution in [0.3, 0.4) is 0 Å². The van der Waals surface area contributed by atoms with E-state index in [0.29, 0.717) is 25.9 Å². The van der Waals surface area contributed by atoms with Gasteiger partial charge in [0.2, 0.25) is 0 Å². The number of carbonyl (C=O) groups excluding carboxylic acids is 1. The summed E-state index contributed by atoms with van der Waals surface area (Å²) in [5.74, 6) is -0.711. The first-order valence-corrected chi connectivity index (χ1v) is 4.88. The third-order valence-electron chi connectivity index (χ3n) is 2.57. The molecule has 0 N–H and O–H groups in total. The van der Waals surface area contributed by atoms with Crippen molar-refractivity contribution in [2.75, 3.05) is 18.0 Å². The second-order valence-electron chi connectivity index (χ2n) is 3.62. The number of halogens is 2. The van der Waals surface area contributed by atoms with Crippen LogP contribution in [0.25, 0.3) is 0 Å². The van der Waals surface area contributed by atoms with Gasteiger partial charge in [0.1, 0.15) is 17.4 Å². The number of rotatable bonds is 1. The van der Waals surface area contributed by atoms with E-state index in [9.17, 15) is 13.6 Å². The molecule has 1 aromatic carbocycles. The van der Waals surface area contributed by atoms with Gasteiger partial charge in [0, 0.05) is 32.0 Å². The lowest BCUT2D eigenvalue weighted by molar-refractivity contribution is -0.119. The van der Waals surface area contributed by atoms with Crippen LogP contribution in [0.4, 0.5) is 14.5 Å². The summed E-state index contributed by atoms with van der Waals surface area (Å²) >= 11 is 0. The van der Waals surface area contributed by atoms with Crippen molar-refractivity contribution >= 4 is 11.5 Å². The fourth-order valence-corrected chi connectivity index (χ4v) is 1.73. The number of anilines is 1. The van der Waals surface area contributed by atoms with Crippen molar-refractivity contribution in [1.29, 1.82) is 0 Å². The van der Waals surface area contributed by atoms with Crippen LogP contribution in [-0.2, 0) is 4.79 Å². The number of carbonyl (C=O) groups is 1. The number of nitrogens with zero attached hydrogens (tertiary/aromatic N) is 1. The van der Waals surface area contributed by atoms with Crippen molar-refractivity contribution in [3.8, 4) is 0 Å². The largest absolute Gasteiger partial charge is 0.368 e. The van der Waals surface area contributed by atoms with Crippen molar-refractivity contribution in [3.63, 3.8) is 0 Å². The first-order valence-electron chi connectivity index (χ1n) is 4.88. The smallest absolute Gasteiger partial charge is 0.146 e. The molecule has 0 saturated carbocycles. The van der Waals surface area contributed by atoms with Crippen molar-refractivity contribution in [2.45, 2.75) is 12.8 Å². The van der Waals surface area contributed by atoms with Gasteiger partial charge in [-0.05, 0) is 12.1 Å². The number of benzene rings is 1. The van der Waals surface area contributed by atoms with Gasteiger partial charge in [-0.3, -0.25) is 4.79 Å². The Hall–Kier alpha value is -1.45. The summed E-state index contributed by atoms with van der Waals surface area (Å²) in [6.07, 6.45) is 0.825. The zero-order chi connectivity index (χ0) is 10.8. The van der Waals surface area contributed by atoms with Gasteiger partial charge >= 0.3 is 0 Å². The third-order valence-corrected chi connectivity index (χ3v) is 2.57. The first kappa shape index (κ1) is 10.1. The summed E-state index contributed by atoms with van der Waals surface area (Å²) in [4.78, 5) is 12.7. The molecule has 1 fully saturated rings. The summed E-state index contributed by atoms with van der Waals surface area (Å²) in [7, 11) is 0. The van der Waals surface area contributed by atoms with Crippen molar-refractivity contribution < 1.29 is 13.6 Å². The molecule has 0 spiro atoms. The Kier molecular flexibility index (Phi) is 2.66. The molecule has 0 atom stereocenters. The Morgan fingerprint density at radius 3 is 2.47 bits per heavy atom. The average Bonchev–Trinajstić information content (AvgIpc) is 2.23. The zero-order valence-corrected chi connectivity index (χ0v) is 8.17. The minimum Gasteiger partial charge on any atom is -0.368 e. The van der Waals surface area contributed by atoms with E-state index in [1.54, 1.807) is 4.90 Å². The molecule has 2 rings (SSSR count). The van der Waals surface area contributed by atoms with E-state index >= 15 is 0 Å². The van der Waals surface area contributed by atoms with E-state index in [4.69, 9.17) is 0 Å². The Labute approximate surface area is 86.5 Å². The molecule has 1 aliphatic rings. The van der Waals surface area contributed by atoms with Gasteiger partial charge in [-0.15, -0.1) is 0 Å². The predicted molar refractivity (Wildman–Crippen MR) is 52.8 cm³/mol. The van der Waals surface area contributed by atoms with E-state index in [2.05, 4.69) is 0 Å². The fraction of sp³-hybridized carbons (Fsp3) is 0.364. The van der Waals surface area contributed by atoms with Crippen molar-refractivity contribution in [2.24, 2.45) is 0 Å². The Bertz CT molecular complexity index is 382. The van der Waals surface area contributed by atoms with Crippen LogP contribution in [0, 0.1) is 11.6 Å². The summed E-state index contributed by atoms with van der Waals surface area (Å²) in [5, 5.41) is 0. The third kappa shape index (κ3) is 2.14. The molecule has 15 heavy (non-hydrogen) atoms. The molecule has 2 nitrogen and oxygen atoms in total. The second kappa shape index (κ2) is 3.96. The molecular formula is C11H11F2NO. The van der Waals surface area contributed by atoms with Crippen LogP contribution in [0.1, 0.15) is 12.8 Å². The highest BCUT2D eigenvalue weighted by atomic mass is 19.1. The molecule has 1 heterocycles. The maximum atomic E-state index is 13.4. The van der Waals surface area contributed by atoms with Crippen LogP contribution >= 0.6 is 0 Å². The van der Waals surface area contributed by atoms with E-state index in [0.717, 1.165) is 12.1 Å². The SMILES string of the molecule is O=C1CCN(c2cc(F)ccc2F)CC1. The molecule has 0 amide bonds. The highest BCUT2D eigenvalue weighted by molar-refractivity contribution is 5.81. The molecule has 0 aliphatic carbocycles. The summed E-state index contributed by atoms with van der Waals surface area (Å²) in [6.45, 7) is 0.943. The normalized spacial score (nSPS) is 16.9. The highest BCUT2D eigenvalue weighted by Gasteiger charge is 2.19. The Morgan fingerprint density at radius 1 is 1.13 bits per heavy atom. The number of piperidine rings is 1. The monoisotopic (exact) mass is 211 g/mol. The topological polar surface area (TPSA) is 20.3 Å². The highest BCUT2D eigenvalue weighted by Crippen LogP contribution is 2.22. The van der Waals surface area contributed by atoms with E-state index in [1.165, 1.54) is 6.07 Å². The molecule has 1 saturated heterocycles. The molecule has 80 valence electrons. The average molecular weight is 211 g/mol. The lowest BCUT2D eigenvalue weighted by Gasteiger charge is -2.28. The van der Waals surface area contributed by atoms with Crippen LogP contribution in [0.2, 0.25) is 0 Å².